The molecule has 1 aromatic rings. The summed E-state index contributed by atoms with van der Waals surface area (Å²) in [6.45, 7) is 2.22. The Kier molecular flexibility index (Phi) is 2.85. The molecule has 0 amide bonds. The Morgan fingerprint density at radius 2 is 1.80 bits per heavy atom. The Hall–Kier alpha value is 0.0969. The highest BCUT2D eigenvalue weighted by atomic mass is 127. The van der Waals surface area contributed by atoms with Crippen molar-refractivity contribution in [1.29, 1.82) is 0 Å². The number of halogens is 2. The standard InChI is InChI=1S/C7H8FISi/c1-10(9)7-4-2-6(8)3-5-7/h2-5,10H,1H3. The van der Waals surface area contributed by atoms with Crippen molar-refractivity contribution in [2.45, 2.75) is 6.55 Å². The van der Waals surface area contributed by atoms with Gasteiger partial charge in [0.05, 0.1) is 0 Å². The molecule has 0 aliphatic rings. The first-order valence-electron chi connectivity index (χ1n) is 3.09. The highest BCUT2D eigenvalue weighted by molar-refractivity contribution is 14.1. The van der Waals surface area contributed by atoms with Crippen LogP contribution in [0.4, 0.5) is 4.39 Å². The molecule has 1 unspecified atom stereocenters. The summed E-state index contributed by atoms with van der Waals surface area (Å²) in [5, 5.41) is 1.31. The van der Waals surface area contributed by atoms with Gasteiger partial charge in [0.2, 0.25) is 0 Å². The molecule has 0 aliphatic carbocycles. The van der Waals surface area contributed by atoms with Gasteiger partial charge in [-0.2, -0.15) is 0 Å². The maximum absolute atomic E-state index is 12.4. The van der Waals surface area contributed by atoms with Crippen molar-refractivity contribution < 1.29 is 4.39 Å². The van der Waals surface area contributed by atoms with Crippen molar-refractivity contribution in [2.24, 2.45) is 0 Å². The molecule has 1 aromatic carbocycles. The minimum atomic E-state index is -0.746. The van der Waals surface area contributed by atoms with Crippen molar-refractivity contribution in [3.63, 3.8) is 0 Å². The smallest absolute Gasteiger partial charge is 0.137 e. The van der Waals surface area contributed by atoms with Gasteiger partial charge in [0.1, 0.15) is 12.1 Å². The Labute approximate surface area is 74.3 Å². The zero-order chi connectivity index (χ0) is 7.56. The van der Waals surface area contributed by atoms with E-state index in [4.69, 9.17) is 0 Å². The molecule has 0 nitrogen and oxygen atoms in total. The van der Waals surface area contributed by atoms with Gasteiger partial charge in [-0.15, -0.1) is 21.8 Å². The molecular formula is C7H8FISi. The van der Waals surface area contributed by atoms with Crippen LogP contribution in [0.5, 0.6) is 0 Å². The number of hydrogen-bond donors (Lipinski definition) is 0. The molecule has 0 aliphatic heterocycles. The Morgan fingerprint density at radius 1 is 1.30 bits per heavy atom. The molecule has 0 aromatic heterocycles. The van der Waals surface area contributed by atoms with E-state index in [2.05, 4.69) is 28.3 Å². The van der Waals surface area contributed by atoms with Gasteiger partial charge in [0.25, 0.3) is 0 Å². The van der Waals surface area contributed by atoms with Crippen LogP contribution in [0, 0.1) is 5.82 Å². The largest absolute Gasteiger partial charge is 0.207 e. The monoisotopic (exact) mass is 266 g/mol. The second kappa shape index (κ2) is 3.48. The Balaban J connectivity index is 2.89. The van der Waals surface area contributed by atoms with Gasteiger partial charge in [-0.3, -0.25) is 0 Å². The summed E-state index contributed by atoms with van der Waals surface area (Å²) in [6.07, 6.45) is -0.746. The van der Waals surface area contributed by atoms with Gasteiger partial charge in [0.15, 0.2) is 0 Å². The van der Waals surface area contributed by atoms with Crippen molar-refractivity contribution in [1.82, 2.24) is 0 Å². The fraction of sp³-hybridized carbons (Fsp3) is 0.143. The fourth-order valence-corrected chi connectivity index (χ4v) is 2.70. The van der Waals surface area contributed by atoms with Gasteiger partial charge in [-0.1, -0.05) is 23.9 Å². The average Bonchev–Trinajstić information content (AvgIpc) is 1.88. The molecule has 0 bridgehead atoms. The van der Waals surface area contributed by atoms with E-state index in [-0.39, 0.29) is 5.82 Å². The van der Waals surface area contributed by atoms with Crippen LogP contribution in [0.25, 0.3) is 0 Å². The van der Waals surface area contributed by atoms with E-state index in [1.807, 2.05) is 12.1 Å². The summed E-state index contributed by atoms with van der Waals surface area (Å²) in [4.78, 5) is 0. The van der Waals surface area contributed by atoms with Crippen molar-refractivity contribution >= 4 is 33.3 Å². The Bertz CT molecular complexity index is 207. The minimum absolute atomic E-state index is 0.144. The summed E-state index contributed by atoms with van der Waals surface area (Å²) in [5.74, 6) is -0.144. The predicted octanol–water partition coefficient (Wildman–Crippen LogP) is 1.82. The number of rotatable bonds is 1. The van der Waals surface area contributed by atoms with E-state index in [0.29, 0.717) is 0 Å². The van der Waals surface area contributed by atoms with Gasteiger partial charge >= 0.3 is 0 Å². The maximum atomic E-state index is 12.4. The average molecular weight is 266 g/mol. The zero-order valence-corrected chi connectivity index (χ0v) is 8.95. The molecule has 1 rings (SSSR count). The zero-order valence-electron chi connectivity index (χ0n) is 5.64. The molecule has 0 spiro atoms. The third kappa shape index (κ3) is 2.05. The van der Waals surface area contributed by atoms with Crippen LogP contribution in [-0.4, -0.2) is 6.29 Å². The summed E-state index contributed by atoms with van der Waals surface area (Å²) >= 11 is 2.44. The third-order valence-electron chi connectivity index (χ3n) is 1.33. The van der Waals surface area contributed by atoms with Crippen LogP contribution in [-0.2, 0) is 0 Å². The van der Waals surface area contributed by atoms with Gasteiger partial charge in [-0.05, 0) is 12.1 Å². The summed E-state index contributed by atoms with van der Waals surface area (Å²) in [5.41, 5.74) is 0. The van der Waals surface area contributed by atoms with E-state index in [1.54, 1.807) is 0 Å². The lowest BCUT2D eigenvalue weighted by atomic mass is 10.3. The number of hydrogen-bond acceptors (Lipinski definition) is 0. The van der Waals surface area contributed by atoms with Crippen LogP contribution in [0.2, 0.25) is 6.55 Å². The van der Waals surface area contributed by atoms with Crippen LogP contribution in [0.1, 0.15) is 0 Å². The second-order valence-corrected chi connectivity index (χ2v) is 9.67. The van der Waals surface area contributed by atoms with Crippen LogP contribution in [0.15, 0.2) is 24.3 Å². The summed E-state index contributed by atoms with van der Waals surface area (Å²) < 4.78 is 12.4. The topological polar surface area (TPSA) is 0 Å². The predicted molar refractivity (Wildman–Crippen MR) is 53.1 cm³/mol. The third-order valence-corrected chi connectivity index (χ3v) is 4.79. The van der Waals surface area contributed by atoms with Crippen molar-refractivity contribution in [2.75, 3.05) is 0 Å². The van der Waals surface area contributed by atoms with Gasteiger partial charge in [0, 0.05) is 0 Å². The SMILES string of the molecule is C[SiH](I)c1ccc(F)cc1. The molecule has 54 valence electrons. The van der Waals surface area contributed by atoms with Crippen LogP contribution < -0.4 is 5.19 Å². The van der Waals surface area contributed by atoms with Crippen molar-refractivity contribution in [3.8, 4) is 0 Å². The lowest BCUT2D eigenvalue weighted by Gasteiger charge is -1.99. The molecule has 10 heavy (non-hydrogen) atoms. The molecule has 0 fully saturated rings. The quantitative estimate of drug-likeness (QED) is 0.413. The lowest BCUT2D eigenvalue weighted by Crippen LogP contribution is -2.18. The van der Waals surface area contributed by atoms with Crippen molar-refractivity contribution in [3.05, 3.63) is 30.1 Å². The first-order chi connectivity index (χ1) is 4.70. The molecular weight excluding hydrogens is 258 g/mol. The van der Waals surface area contributed by atoms with E-state index in [1.165, 1.54) is 17.3 Å². The van der Waals surface area contributed by atoms with Gasteiger partial charge < -0.3 is 0 Å². The van der Waals surface area contributed by atoms with E-state index in [0.717, 1.165) is 0 Å². The lowest BCUT2D eigenvalue weighted by molar-refractivity contribution is 0.628. The van der Waals surface area contributed by atoms with Gasteiger partial charge in [-0.25, -0.2) is 4.39 Å². The summed E-state index contributed by atoms with van der Waals surface area (Å²) in [6, 6.07) is 6.80. The van der Waals surface area contributed by atoms with Crippen LogP contribution >= 0.6 is 21.8 Å². The molecule has 0 N–H and O–H groups in total. The molecule has 1 atom stereocenters. The summed E-state index contributed by atoms with van der Waals surface area (Å²) in [7, 11) is 0. The highest BCUT2D eigenvalue weighted by Gasteiger charge is 2.00. The highest BCUT2D eigenvalue weighted by Crippen LogP contribution is 1.98. The van der Waals surface area contributed by atoms with E-state index >= 15 is 0 Å². The maximum Gasteiger partial charge on any atom is 0.137 e. The van der Waals surface area contributed by atoms with E-state index in [9.17, 15) is 4.39 Å². The Morgan fingerprint density at radius 3 is 2.20 bits per heavy atom. The normalized spacial score (nSPS) is 13.1. The van der Waals surface area contributed by atoms with E-state index < -0.39 is 6.29 Å². The van der Waals surface area contributed by atoms with Crippen LogP contribution in [0.3, 0.4) is 0 Å². The molecule has 0 heterocycles. The fourth-order valence-electron chi connectivity index (χ4n) is 0.728. The first-order valence-corrected chi connectivity index (χ1v) is 9.00. The molecule has 3 heteroatoms. The number of benzene rings is 1. The molecule has 0 saturated carbocycles. The molecule has 0 radical (unpaired) electrons. The second-order valence-electron chi connectivity index (χ2n) is 2.17. The minimum Gasteiger partial charge on any atom is -0.207 e. The molecule has 0 saturated heterocycles. The first kappa shape index (κ1) is 8.20.